The molecule has 5 nitrogen and oxygen atoms in total. The van der Waals surface area contributed by atoms with Gasteiger partial charge in [0.1, 0.15) is 11.8 Å². The van der Waals surface area contributed by atoms with Crippen molar-refractivity contribution in [1.82, 2.24) is 9.97 Å². The van der Waals surface area contributed by atoms with Gasteiger partial charge in [-0.2, -0.15) is 5.26 Å². The van der Waals surface area contributed by atoms with Crippen molar-refractivity contribution in [2.45, 2.75) is 0 Å². The zero-order chi connectivity index (χ0) is 13.8. The van der Waals surface area contributed by atoms with E-state index >= 15 is 0 Å². The first-order valence-corrected chi connectivity index (χ1v) is 6.52. The number of morpholine rings is 1. The Hall–Kier alpha value is -2.45. The molecule has 2 aromatic heterocycles. The lowest BCUT2D eigenvalue weighted by Crippen LogP contribution is -2.36. The molecule has 100 valence electrons. The SMILES string of the molecule is N#Cc1ncc(N2CCOCC2)cc1-c1ccncc1. The number of nitrogens with zero attached hydrogens (tertiary/aromatic N) is 4. The summed E-state index contributed by atoms with van der Waals surface area (Å²) in [4.78, 5) is 10.5. The molecular weight excluding hydrogens is 252 g/mol. The van der Waals surface area contributed by atoms with E-state index in [4.69, 9.17) is 4.74 Å². The van der Waals surface area contributed by atoms with Crippen LogP contribution in [0, 0.1) is 11.3 Å². The van der Waals surface area contributed by atoms with Crippen LogP contribution in [-0.4, -0.2) is 36.3 Å². The highest BCUT2D eigenvalue weighted by molar-refractivity contribution is 5.72. The molecule has 1 saturated heterocycles. The predicted molar refractivity (Wildman–Crippen MR) is 75.2 cm³/mol. The number of ether oxygens (including phenoxy) is 1. The number of pyridine rings is 2. The quantitative estimate of drug-likeness (QED) is 0.830. The van der Waals surface area contributed by atoms with Crippen LogP contribution in [0.1, 0.15) is 5.69 Å². The summed E-state index contributed by atoms with van der Waals surface area (Å²) < 4.78 is 5.36. The minimum absolute atomic E-state index is 0.438. The second-order valence-electron chi connectivity index (χ2n) is 4.54. The molecule has 0 unspecified atom stereocenters. The molecule has 1 aliphatic heterocycles. The van der Waals surface area contributed by atoms with E-state index in [1.54, 1.807) is 18.6 Å². The van der Waals surface area contributed by atoms with Gasteiger partial charge in [-0.25, -0.2) is 4.98 Å². The lowest BCUT2D eigenvalue weighted by Gasteiger charge is -2.28. The minimum Gasteiger partial charge on any atom is -0.378 e. The minimum atomic E-state index is 0.438. The number of hydrogen-bond donors (Lipinski definition) is 0. The Morgan fingerprint density at radius 2 is 1.95 bits per heavy atom. The summed E-state index contributed by atoms with van der Waals surface area (Å²) in [5.74, 6) is 0. The fourth-order valence-corrected chi connectivity index (χ4v) is 2.29. The standard InChI is InChI=1S/C15H14N4O/c16-10-15-14(12-1-3-17-4-2-12)9-13(11-18-15)19-5-7-20-8-6-19/h1-4,9,11H,5-8H2. The van der Waals surface area contributed by atoms with Crippen molar-refractivity contribution in [2.24, 2.45) is 0 Å². The molecule has 0 N–H and O–H groups in total. The number of aromatic nitrogens is 2. The monoisotopic (exact) mass is 266 g/mol. The third kappa shape index (κ3) is 2.46. The Kier molecular flexibility index (Phi) is 3.57. The lowest BCUT2D eigenvalue weighted by molar-refractivity contribution is 0.122. The van der Waals surface area contributed by atoms with Crippen LogP contribution in [0.25, 0.3) is 11.1 Å². The summed E-state index contributed by atoms with van der Waals surface area (Å²) in [6.07, 6.45) is 5.20. The molecule has 0 aromatic carbocycles. The highest BCUT2D eigenvalue weighted by Crippen LogP contribution is 2.26. The van der Waals surface area contributed by atoms with Crippen molar-refractivity contribution in [3.8, 4) is 17.2 Å². The first-order valence-electron chi connectivity index (χ1n) is 6.52. The normalized spacial score (nSPS) is 14.8. The van der Waals surface area contributed by atoms with Gasteiger partial charge >= 0.3 is 0 Å². The van der Waals surface area contributed by atoms with Gasteiger partial charge in [0.15, 0.2) is 0 Å². The van der Waals surface area contributed by atoms with E-state index in [-0.39, 0.29) is 0 Å². The van der Waals surface area contributed by atoms with Crippen LogP contribution < -0.4 is 4.90 Å². The molecule has 3 heterocycles. The fourth-order valence-electron chi connectivity index (χ4n) is 2.29. The largest absolute Gasteiger partial charge is 0.378 e. The molecule has 3 rings (SSSR count). The molecule has 0 spiro atoms. The van der Waals surface area contributed by atoms with Gasteiger partial charge in [0, 0.05) is 31.0 Å². The maximum atomic E-state index is 9.22. The van der Waals surface area contributed by atoms with Crippen molar-refractivity contribution in [2.75, 3.05) is 31.2 Å². The van der Waals surface area contributed by atoms with Gasteiger partial charge in [-0.15, -0.1) is 0 Å². The second kappa shape index (κ2) is 5.68. The van der Waals surface area contributed by atoms with E-state index in [1.807, 2.05) is 18.2 Å². The lowest BCUT2D eigenvalue weighted by atomic mass is 10.1. The molecule has 2 aromatic rings. The number of nitriles is 1. The average molecular weight is 266 g/mol. The van der Waals surface area contributed by atoms with Gasteiger partial charge < -0.3 is 9.64 Å². The molecule has 1 aliphatic rings. The molecule has 20 heavy (non-hydrogen) atoms. The average Bonchev–Trinajstić information content (AvgIpc) is 2.56. The maximum absolute atomic E-state index is 9.22. The smallest absolute Gasteiger partial charge is 0.148 e. The number of anilines is 1. The highest BCUT2D eigenvalue weighted by Gasteiger charge is 2.14. The van der Waals surface area contributed by atoms with Gasteiger partial charge in [0.05, 0.1) is 25.1 Å². The molecule has 0 aliphatic carbocycles. The third-order valence-electron chi connectivity index (χ3n) is 3.35. The molecule has 0 radical (unpaired) electrons. The Bertz CT molecular complexity index is 630. The summed E-state index contributed by atoms with van der Waals surface area (Å²) in [5.41, 5.74) is 3.27. The maximum Gasteiger partial charge on any atom is 0.148 e. The summed E-state index contributed by atoms with van der Waals surface area (Å²) in [6.45, 7) is 3.15. The van der Waals surface area contributed by atoms with E-state index < -0.39 is 0 Å². The summed E-state index contributed by atoms with van der Waals surface area (Å²) in [7, 11) is 0. The summed E-state index contributed by atoms with van der Waals surface area (Å²) >= 11 is 0. The van der Waals surface area contributed by atoms with E-state index in [9.17, 15) is 5.26 Å². The third-order valence-corrected chi connectivity index (χ3v) is 3.35. The molecular formula is C15H14N4O. The molecule has 0 atom stereocenters. The molecule has 0 saturated carbocycles. The van der Waals surface area contributed by atoms with Crippen molar-refractivity contribution < 1.29 is 4.74 Å². The van der Waals surface area contributed by atoms with Gasteiger partial charge in [-0.3, -0.25) is 4.98 Å². The predicted octanol–water partition coefficient (Wildman–Crippen LogP) is 1.85. The van der Waals surface area contributed by atoms with E-state index in [0.717, 1.165) is 43.1 Å². The van der Waals surface area contributed by atoms with Gasteiger partial charge in [0.2, 0.25) is 0 Å². The van der Waals surface area contributed by atoms with Gasteiger partial charge in [-0.05, 0) is 23.8 Å². The van der Waals surface area contributed by atoms with Crippen LogP contribution in [0.4, 0.5) is 5.69 Å². The zero-order valence-corrected chi connectivity index (χ0v) is 11.0. The van der Waals surface area contributed by atoms with E-state index in [2.05, 4.69) is 20.9 Å². The molecule has 1 fully saturated rings. The van der Waals surface area contributed by atoms with Crippen molar-refractivity contribution in [3.05, 3.63) is 42.5 Å². The van der Waals surface area contributed by atoms with Crippen LogP contribution in [0.2, 0.25) is 0 Å². The Balaban J connectivity index is 2.01. The Morgan fingerprint density at radius 1 is 1.20 bits per heavy atom. The number of rotatable bonds is 2. The molecule has 0 bridgehead atoms. The topological polar surface area (TPSA) is 62.0 Å². The number of hydrogen-bond acceptors (Lipinski definition) is 5. The summed E-state index contributed by atoms with van der Waals surface area (Å²) in [5, 5.41) is 9.22. The first-order chi connectivity index (χ1) is 9.88. The van der Waals surface area contributed by atoms with Crippen LogP contribution in [-0.2, 0) is 4.74 Å². The fraction of sp³-hybridized carbons (Fsp3) is 0.267. The van der Waals surface area contributed by atoms with E-state index in [0.29, 0.717) is 5.69 Å². The Morgan fingerprint density at radius 3 is 2.65 bits per heavy atom. The first kappa shape index (κ1) is 12.6. The molecule has 5 heteroatoms. The highest BCUT2D eigenvalue weighted by atomic mass is 16.5. The van der Waals surface area contributed by atoms with Gasteiger partial charge in [-0.1, -0.05) is 0 Å². The second-order valence-corrected chi connectivity index (χ2v) is 4.54. The van der Waals surface area contributed by atoms with Crippen LogP contribution in [0.5, 0.6) is 0 Å². The van der Waals surface area contributed by atoms with Crippen LogP contribution in [0.15, 0.2) is 36.8 Å². The van der Waals surface area contributed by atoms with Gasteiger partial charge in [0.25, 0.3) is 0 Å². The Labute approximate surface area is 117 Å². The summed E-state index contributed by atoms with van der Waals surface area (Å²) in [6, 6.07) is 7.95. The van der Waals surface area contributed by atoms with E-state index in [1.165, 1.54) is 0 Å². The van der Waals surface area contributed by atoms with Crippen molar-refractivity contribution in [1.29, 1.82) is 5.26 Å². The zero-order valence-electron chi connectivity index (χ0n) is 11.0. The molecule has 0 amide bonds. The van der Waals surface area contributed by atoms with Crippen LogP contribution in [0.3, 0.4) is 0 Å². The van der Waals surface area contributed by atoms with Crippen molar-refractivity contribution in [3.63, 3.8) is 0 Å². The van der Waals surface area contributed by atoms with Crippen LogP contribution >= 0.6 is 0 Å². The van der Waals surface area contributed by atoms with Crippen molar-refractivity contribution >= 4 is 5.69 Å².